The minimum absolute atomic E-state index is 0.506. The number of alkyl halides is 1. The molecule has 5 rings (SSSR count). The number of para-hydroxylation sites is 2. The molecule has 1 saturated heterocycles. The molecule has 1 aliphatic rings. The second kappa shape index (κ2) is 7.14. The topological polar surface area (TPSA) is 78.6 Å². The average Bonchev–Trinajstić information content (AvgIpc) is 3.30. The van der Waals surface area contributed by atoms with Crippen LogP contribution in [0.1, 0.15) is 25.8 Å². The first-order valence-electron chi connectivity index (χ1n) is 10.3. The van der Waals surface area contributed by atoms with E-state index in [0.29, 0.717) is 47.7 Å². The molecule has 3 aromatic heterocycles. The molecule has 7 nitrogen and oxygen atoms in total. The summed E-state index contributed by atoms with van der Waals surface area (Å²) in [6.45, 7) is 6.23. The van der Waals surface area contributed by atoms with Gasteiger partial charge in [-0.2, -0.15) is 0 Å². The molecule has 1 fully saturated rings. The summed E-state index contributed by atoms with van der Waals surface area (Å²) in [4.78, 5) is 16.3. The quantitative estimate of drug-likeness (QED) is 0.528. The van der Waals surface area contributed by atoms with Crippen molar-refractivity contribution in [2.24, 2.45) is 0 Å². The normalized spacial score (nSPS) is 18.1. The van der Waals surface area contributed by atoms with Crippen LogP contribution < -0.4 is 5.32 Å². The summed E-state index contributed by atoms with van der Waals surface area (Å²) < 4.78 is 15.3. The van der Waals surface area contributed by atoms with Crippen LogP contribution in [-0.4, -0.2) is 61.7 Å². The highest BCUT2D eigenvalue weighted by Crippen LogP contribution is 2.31. The summed E-state index contributed by atoms with van der Waals surface area (Å²) in [5.41, 5.74) is 3.44. The van der Waals surface area contributed by atoms with Crippen molar-refractivity contribution in [3.63, 3.8) is 0 Å². The fourth-order valence-electron chi connectivity index (χ4n) is 4.14. The van der Waals surface area contributed by atoms with Crippen molar-refractivity contribution >= 4 is 33.7 Å². The van der Waals surface area contributed by atoms with E-state index < -0.39 is 11.8 Å². The van der Waals surface area contributed by atoms with Crippen molar-refractivity contribution in [3.05, 3.63) is 42.1 Å². The zero-order chi connectivity index (χ0) is 20.9. The number of benzene rings is 1. The zero-order valence-corrected chi connectivity index (χ0v) is 17.1. The van der Waals surface area contributed by atoms with Gasteiger partial charge in [-0.15, -0.1) is 0 Å². The van der Waals surface area contributed by atoms with Crippen LogP contribution in [0.15, 0.2) is 36.5 Å². The van der Waals surface area contributed by atoms with Gasteiger partial charge in [0.1, 0.15) is 23.2 Å². The van der Waals surface area contributed by atoms with E-state index in [-0.39, 0.29) is 0 Å². The van der Waals surface area contributed by atoms with E-state index in [0.717, 1.165) is 24.1 Å². The molecule has 1 aliphatic heterocycles. The van der Waals surface area contributed by atoms with E-state index in [2.05, 4.69) is 15.2 Å². The van der Waals surface area contributed by atoms with E-state index in [4.69, 9.17) is 9.97 Å². The fraction of sp³-hybridized carbons (Fsp3) is 0.409. The Morgan fingerprint density at radius 1 is 1.20 bits per heavy atom. The Hall–Kier alpha value is -2.84. The molecular weight excluding hydrogens is 383 g/mol. The molecule has 0 spiro atoms. The van der Waals surface area contributed by atoms with E-state index in [1.54, 1.807) is 20.0 Å². The molecule has 0 unspecified atom stereocenters. The minimum Gasteiger partial charge on any atom is -0.386 e. The maximum absolute atomic E-state index is 13.3. The van der Waals surface area contributed by atoms with Crippen molar-refractivity contribution in [2.45, 2.75) is 32.0 Å². The standard InChI is InChI=1S/C22H25FN6O/c1-22(2,30)15-11-17-21(29-18-6-4-3-5-16(18)26-20(15)29)27-19(12-25-17)24-8-10-28-9-7-14(23)13-28/h3-6,11-12,14,30H,7-10,13H2,1-2H3,(H,24,27)/t14-/m0/s1. The number of anilines is 1. The molecule has 2 N–H and O–H groups in total. The lowest BCUT2D eigenvalue weighted by molar-refractivity contribution is 0.0798. The average molecular weight is 408 g/mol. The van der Waals surface area contributed by atoms with E-state index in [9.17, 15) is 9.50 Å². The first-order valence-corrected chi connectivity index (χ1v) is 10.3. The first-order chi connectivity index (χ1) is 14.4. The van der Waals surface area contributed by atoms with Crippen LogP contribution in [-0.2, 0) is 5.60 Å². The third-order valence-electron chi connectivity index (χ3n) is 5.68. The van der Waals surface area contributed by atoms with E-state index >= 15 is 0 Å². The van der Waals surface area contributed by atoms with Crippen LogP contribution in [0.25, 0.3) is 27.8 Å². The van der Waals surface area contributed by atoms with Gasteiger partial charge < -0.3 is 10.4 Å². The molecule has 8 heteroatoms. The van der Waals surface area contributed by atoms with Crippen molar-refractivity contribution < 1.29 is 9.50 Å². The summed E-state index contributed by atoms with van der Waals surface area (Å²) >= 11 is 0. The molecule has 4 heterocycles. The van der Waals surface area contributed by atoms with Gasteiger partial charge in [0.05, 0.1) is 22.8 Å². The Kier molecular flexibility index (Phi) is 4.56. The summed E-state index contributed by atoms with van der Waals surface area (Å²) in [6.07, 6.45) is 1.60. The molecule has 0 aliphatic carbocycles. The number of rotatable bonds is 5. The summed E-state index contributed by atoms with van der Waals surface area (Å²) in [7, 11) is 0. The smallest absolute Gasteiger partial charge is 0.167 e. The summed E-state index contributed by atoms with van der Waals surface area (Å²) in [5.74, 6) is 0.661. The van der Waals surface area contributed by atoms with Crippen molar-refractivity contribution in [1.82, 2.24) is 24.3 Å². The Morgan fingerprint density at radius 3 is 2.80 bits per heavy atom. The van der Waals surface area contributed by atoms with Gasteiger partial charge in [-0.1, -0.05) is 12.1 Å². The molecule has 0 radical (unpaired) electrons. The third kappa shape index (κ3) is 3.36. The number of imidazole rings is 1. The predicted octanol–water partition coefficient (Wildman–Crippen LogP) is 3.11. The Morgan fingerprint density at radius 2 is 2.03 bits per heavy atom. The van der Waals surface area contributed by atoms with E-state index in [1.807, 2.05) is 34.7 Å². The number of halogens is 1. The molecule has 0 bridgehead atoms. The highest BCUT2D eigenvalue weighted by atomic mass is 19.1. The Balaban J connectivity index is 1.56. The van der Waals surface area contributed by atoms with Crippen LogP contribution >= 0.6 is 0 Å². The molecule has 30 heavy (non-hydrogen) atoms. The third-order valence-corrected chi connectivity index (χ3v) is 5.68. The minimum atomic E-state index is -1.07. The number of hydrogen-bond donors (Lipinski definition) is 2. The van der Waals surface area contributed by atoms with Crippen LogP contribution in [0.2, 0.25) is 0 Å². The highest BCUT2D eigenvalue weighted by Gasteiger charge is 2.24. The number of pyridine rings is 1. The largest absolute Gasteiger partial charge is 0.386 e. The number of nitrogens with zero attached hydrogens (tertiary/aromatic N) is 5. The van der Waals surface area contributed by atoms with Crippen molar-refractivity contribution in [3.8, 4) is 0 Å². The Labute approximate surface area is 173 Å². The van der Waals surface area contributed by atoms with Gasteiger partial charge in [0.25, 0.3) is 0 Å². The second-order valence-corrected chi connectivity index (χ2v) is 8.45. The van der Waals surface area contributed by atoms with Crippen molar-refractivity contribution in [1.29, 1.82) is 0 Å². The van der Waals surface area contributed by atoms with Crippen LogP contribution in [0.4, 0.5) is 10.2 Å². The lowest BCUT2D eigenvalue weighted by atomic mass is 9.99. The predicted molar refractivity (Wildman–Crippen MR) is 115 cm³/mol. The monoisotopic (exact) mass is 408 g/mol. The SMILES string of the molecule is CC(C)(O)c1cc2ncc(NCCN3CC[C@H](F)C3)nc2n2c1nc1ccccc12. The number of aromatic nitrogens is 4. The number of hydrogen-bond acceptors (Lipinski definition) is 6. The number of likely N-dealkylation sites (tertiary alicyclic amines) is 1. The van der Waals surface area contributed by atoms with Gasteiger partial charge in [-0.05, 0) is 38.5 Å². The molecule has 0 amide bonds. The lowest BCUT2D eigenvalue weighted by Crippen LogP contribution is -2.27. The molecule has 4 aromatic rings. The van der Waals surface area contributed by atoms with Gasteiger partial charge in [0, 0.05) is 31.7 Å². The maximum atomic E-state index is 13.3. The number of aliphatic hydroxyl groups is 1. The van der Waals surface area contributed by atoms with Crippen LogP contribution in [0.3, 0.4) is 0 Å². The molecule has 156 valence electrons. The van der Waals surface area contributed by atoms with Crippen LogP contribution in [0, 0.1) is 0 Å². The Bertz CT molecular complexity index is 1230. The van der Waals surface area contributed by atoms with Gasteiger partial charge >= 0.3 is 0 Å². The van der Waals surface area contributed by atoms with Crippen LogP contribution in [0.5, 0.6) is 0 Å². The van der Waals surface area contributed by atoms with Gasteiger partial charge in [0.15, 0.2) is 5.65 Å². The fourth-order valence-corrected chi connectivity index (χ4v) is 4.14. The molecular formula is C22H25FN6O. The van der Waals surface area contributed by atoms with Gasteiger partial charge in [0.2, 0.25) is 0 Å². The van der Waals surface area contributed by atoms with E-state index in [1.165, 1.54) is 0 Å². The highest BCUT2D eigenvalue weighted by molar-refractivity contribution is 5.89. The zero-order valence-electron chi connectivity index (χ0n) is 17.1. The van der Waals surface area contributed by atoms with Gasteiger partial charge in [-0.25, -0.2) is 19.3 Å². The lowest BCUT2D eigenvalue weighted by Gasteiger charge is -2.19. The number of fused-ring (bicyclic) bond motifs is 5. The number of nitrogens with one attached hydrogen (secondary N) is 1. The summed E-state index contributed by atoms with van der Waals surface area (Å²) in [5, 5.41) is 14.0. The second-order valence-electron chi connectivity index (χ2n) is 8.45. The molecule has 1 atom stereocenters. The first kappa shape index (κ1) is 19.1. The molecule has 1 aromatic carbocycles. The molecule has 0 saturated carbocycles. The maximum Gasteiger partial charge on any atom is 0.167 e. The van der Waals surface area contributed by atoms with Gasteiger partial charge in [-0.3, -0.25) is 9.30 Å². The summed E-state index contributed by atoms with van der Waals surface area (Å²) in [6, 6.07) is 9.71. The van der Waals surface area contributed by atoms with Crippen molar-refractivity contribution in [2.75, 3.05) is 31.5 Å².